The third-order valence-electron chi connectivity index (χ3n) is 6.05. The highest BCUT2D eigenvalue weighted by Gasteiger charge is 2.42. The molecular weight excluding hydrogens is 490 g/mol. The van der Waals surface area contributed by atoms with Crippen LogP contribution in [0.4, 0.5) is 9.59 Å². The molecule has 10 heteroatoms. The number of hydrazine groups is 1. The number of nitrogens with zero attached hydrogens (tertiary/aromatic N) is 2. The van der Waals surface area contributed by atoms with Gasteiger partial charge in [-0.05, 0) is 44.7 Å². The summed E-state index contributed by atoms with van der Waals surface area (Å²) in [6.45, 7) is 5.19. The van der Waals surface area contributed by atoms with Gasteiger partial charge in [-0.2, -0.15) is 0 Å². The largest absolute Gasteiger partial charge is 0.481 e. The molecule has 3 amide bonds. The second-order valence-corrected chi connectivity index (χ2v) is 10.1. The number of carbonyl (C=O) groups is 4. The van der Waals surface area contributed by atoms with E-state index in [1.807, 2.05) is 36.4 Å². The Labute approximate surface area is 222 Å². The first-order valence-corrected chi connectivity index (χ1v) is 12.6. The molecule has 0 aliphatic carbocycles. The van der Waals surface area contributed by atoms with Gasteiger partial charge < -0.3 is 19.5 Å². The van der Waals surface area contributed by atoms with Gasteiger partial charge in [-0.1, -0.05) is 60.7 Å². The van der Waals surface area contributed by atoms with Gasteiger partial charge in [-0.15, -0.1) is 0 Å². The van der Waals surface area contributed by atoms with E-state index in [0.717, 1.165) is 16.1 Å². The monoisotopic (exact) mass is 525 g/mol. The standard InChI is InChI=1S/C28H35N3O7/c1-28(2,3)38-27(36)30-17-16-22(25(33)34)23(18-30)31(24(32)15-14-20-10-6-4-7-11-20)29-26(35)37-19-21-12-8-5-9-13-21/h4-13,22-23H,14-19H2,1-3H3,(H,29,35)(H,33,34). The van der Waals surface area contributed by atoms with Crippen LogP contribution in [0.2, 0.25) is 0 Å². The molecule has 0 spiro atoms. The van der Waals surface area contributed by atoms with Crippen LogP contribution in [0.5, 0.6) is 0 Å². The zero-order chi connectivity index (χ0) is 27.7. The lowest BCUT2D eigenvalue weighted by molar-refractivity contribution is -0.152. The number of amides is 3. The average molecular weight is 526 g/mol. The van der Waals surface area contributed by atoms with E-state index >= 15 is 0 Å². The summed E-state index contributed by atoms with van der Waals surface area (Å²) in [5.41, 5.74) is 3.39. The maximum absolute atomic E-state index is 13.4. The Hall–Kier alpha value is -4.08. The number of carboxylic acid groups (broad SMARTS) is 1. The number of benzene rings is 2. The fourth-order valence-electron chi connectivity index (χ4n) is 4.17. The number of nitrogens with one attached hydrogen (secondary N) is 1. The van der Waals surface area contributed by atoms with E-state index in [1.54, 1.807) is 45.0 Å². The average Bonchev–Trinajstić information content (AvgIpc) is 2.89. The lowest BCUT2D eigenvalue weighted by atomic mass is 9.91. The molecule has 0 aromatic heterocycles. The molecule has 2 aromatic carbocycles. The Kier molecular flexibility index (Phi) is 9.70. The number of rotatable bonds is 7. The molecule has 1 aliphatic heterocycles. The summed E-state index contributed by atoms with van der Waals surface area (Å²) in [5, 5.41) is 10.9. The molecule has 3 rings (SSSR count). The Morgan fingerprint density at radius 2 is 1.61 bits per heavy atom. The summed E-state index contributed by atoms with van der Waals surface area (Å²) >= 11 is 0. The van der Waals surface area contributed by atoms with Crippen LogP contribution >= 0.6 is 0 Å². The molecule has 38 heavy (non-hydrogen) atoms. The molecule has 2 unspecified atom stereocenters. The molecule has 1 aliphatic rings. The van der Waals surface area contributed by atoms with Gasteiger partial charge in [-0.3, -0.25) is 9.59 Å². The molecule has 0 bridgehead atoms. The summed E-state index contributed by atoms with van der Waals surface area (Å²) in [7, 11) is 0. The Morgan fingerprint density at radius 1 is 1.00 bits per heavy atom. The zero-order valence-corrected chi connectivity index (χ0v) is 22.0. The fourth-order valence-corrected chi connectivity index (χ4v) is 4.17. The smallest absolute Gasteiger partial charge is 0.426 e. The van der Waals surface area contributed by atoms with Crippen molar-refractivity contribution in [3.05, 3.63) is 71.8 Å². The number of likely N-dealkylation sites (tertiary alicyclic amines) is 1. The van der Waals surface area contributed by atoms with Gasteiger partial charge in [0, 0.05) is 19.5 Å². The summed E-state index contributed by atoms with van der Waals surface area (Å²) in [6, 6.07) is 17.3. The number of carboxylic acids is 1. The second-order valence-electron chi connectivity index (χ2n) is 10.1. The van der Waals surface area contributed by atoms with Crippen molar-refractivity contribution in [1.29, 1.82) is 0 Å². The van der Waals surface area contributed by atoms with E-state index < -0.39 is 41.6 Å². The van der Waals surface area contributed by atoms with Crippen molar-refractivity contribution < 1.29 is 33.8 Å². The van der Waals surface area contributed by atoms with Crippen molar-refractivity contribution >= 4 is 24.1 Å². The van der Waals surface area contributed by atoms with Crippen LogP contribution in [0, 0.1) is 5.92 Å². The molecule has 1 heterocycles. The maximum atomic E-state index is 13.4. The number of piperidine rings is 1. The molecule has 1 fully saturated rings. The Balaban J connectivity index is 1.80. The fraction of sp³-hybridized carbons (Fsp3) is 0.429. The van der Waals surface area contributed by atoms with E-state index in [9.17, 15) is 24.3 Å². The van der Waals surface area contributed by atoms with Crippen LogP contribution in [-0.2, 0) is 32.1 Å². The number of ether oxygens (including phenoxy) is 2. The normalized spacial score (nSPS) is 17.3. The highest BCUT2D eigenvalue weighted by atomic mass is 16.6. The highest BCUT2D eigenvalue weighted by molar-refractivity contribution is 5.81. The quantitative estimate of drug-likeness (QED) is 0.524. The number of aryl methyl sites for hydroxylation is 1. The molecule has 1 saturated heterocycles. The lowest BCUT2D eigenvalue weighted by Crippen LogP contribution is -2.62. The van der Waals surface area contributed by atoms with Crippen molar-refractivity contribution in [2.24, 2.45) is 5.92 Å². The predicted octanol–water partition coefficient (Wildman–Crippen LogP) is 4.00. The molecule has 2 aromatic rings. The first-order chi connectivity index (χ1) is 18.0. The van der Waals surface area contributed by atoms with Crippen LogP contribution in [-0.4, -0.2) is 63.8 Å². The third kappa shape index (κ3) is 8.50. The van der Waals surface area contributed by atoms with E-state index in [2.05, 4.69) is 5.43 Å². The minimum atomic E-state index is -1.13. The van der Waals surface area contributed by atoms with Crippen molar-refractivity contribution in [3.8, 4) is 0 Å². The van der Waals surface area contributed by atoms with Crippen LogP contribution in [0.3, 0.4) is 0 Å². The SMILES string of the molecule is CC(C)(C)OC(=O)N1CCC(C(=O)O)C(N(NC(=O)OCc2ccccc2)C(=O)CCc2ccccc2)C1. The van der Waals surface area contributed by atoms with E-state index in [4.69, 9.17) is 9.47 Å². The molecule has 2 atom stereocenters. The van der Waals surface area contributed by atoms with Gasteiger partial charge >= 0.3 is 18.2 Å². The highest BCUT2D eigenvalue weighted by Crippen LogP contribution is 2.25. The Bertz CT molecular complexity index is 1100. The minimum Gasteiger partial charge on any atom is -0.481 e. The Morgan fingerprint density at radius 3 is 2.18 bits per heavy atom. The topological polar surface area (TPSA) is 125 Å². The number of aliphatic carboxylic acids is 1. The maximum Gasteiger partial charge on any atom is 0.426 e. The molecule has 0 radical (unpaired) electrons. The van der Waals surface area contributed by atoms with Gasteiger partial charge in [0.2, 0.25) is 5.91 Å². The first-order valence-electron chi connectivity index (χ1n) is 12.6. The third-order valence-corrected chi connectivity index (χ3v) is 6.05. The molecule has 2 N–H and O–H groups in total. The van der Waals surface area contributed by atoms with E-state index in [0.29, 0.717) is 6.42 Å². The van der Waals surface area contributed by atoms with Gasteiger partial charge in [0.1, 0.15) is 12.2 Å². The molecule has 0 saturated carbocycles. The van der Waals surface area contributed by atoms with Crippen molar-refractivity contribution in [2.45, 2.75) is 58.3 Å². The summed E-state index contributed by atoms with van der Waals surface area (Å²) in [4.78, 5) is 52.5. The number of hydrogen-bond acceptors (Lipinski definition) is 6. The minimum absolute atomic E-state index is 0.0122. The van der Waals surface area contributed by atoms with Crippen molar-refractivity contribution in [3.63, 3.8) is 0 Å². The van der Waals surface area contributed by atoms with Gasteiger partial charge in [0.25, 0.3) is 0 Å². The van der Waals surface area contributed by atoms with Gasteiger partial charge in [0.05, 0.1) is 12.0 Å². The van der Waals surface area contributed by atoms with Crippen LogP contribution < -0.4 is 5.43 Å². The van der Waals surface area contributed by atoms with Gasteiger partial charge in [-0.25, -0.2) is 20.0 Å². The summed E-state index contributed by atoms with van der Waals surface area (Å²) < 4.78 is 10.8. The van der Waals surface area contributed by atoms with Gasteiger partial charge in [0.15, 0.2) is 0 Å². The summed E-state index contributed by atoms with van der Waals surface area (Å²) in [5.74, 6) is -2.63. The van der Waals surface area contributed by atoms with Crippen molar-refractivity contribution in [1.82, 2.24) is 15.3 Å². The predicted molar refractivity (Wildman–Crippen MR) is 139 cm³/mol. The van der Waals surface area contributed by atoms with Crippen LogP contribution in [0.15, 0.2) is 60.7 Å². The van der Waals surface area contributed by atoms with Crippen LogP contribution in [0.25, 0.3) is 0 Å². The first kappa shape index (κ1) is 28.5. The zero-order valence-electron chi connectivity index (χ0n) is 22.0. The number of carbonyl (C=O) groups excluding carboxylic acids is 3. The van der Waals surface area contributed by atoms with E-state index in [1.165, 1.54) is 4.90 Å². The number of hydrogen-bond donors (Lipinski definition) is 2. The molecule has 10 nitrogen and oxygen atoms in total. The molecular formula is C28H35N3O7. The molecule has 204 valence electrons. The lowest BCUT2D eigenvalue weighted by Gasteiger charge is -2.42. The summed E-state index contributed by atoms with van der Waals surface area (Å²) in [6.07, 6.45) is -1.03. The van der Waals surface area contributed by atoms with E-state index in [-0.39, 0.29) is 32.5 Å². The van der Waals surface area contributed by atoms with Crippen molar-refractivity contribution in [2.75, 3.05) is 13.1 Å². The van der Waals surface area contributed by atoms with Crippen LogP contribution in [0.1, 0.15) is 44.7 Å². The second kappa shape index (κ2) is 12.9.